The fourth-order valence-corrected chi connectivity index (χ4v) is 1.95. The Morgan fingerprint density at radius 2 is 1.89 bits per heavy atom. The first-order valence-electron chi connectivity index (χ1n) is 5.07. The van der Waals surface area contributed by atoms with E-state index in [4.69, 9.17) is 5.21 Å². The number of benzene rings is 1. The van der Waals surface area contributed by atoms with Gasteiger partial charge in [-0.2, -0.15) is 0 Å². The van der Waals surface area contributed by atoms with E-state index in [2.05, 4.69) is 10.3 Å². The molecule has 0 spiro atoms. The maximum absolute atomic E-state index is 12.7. The Bertz CT molecular complexity index is 612. The zero-order valence-corrected chi connectivity index (χ0v) is 10.2. The molecule has 0 fully saturated rings. The van der Waals surface area contributed by atoms with Crippen LogP contribution in [0.3, 0.4) is 0 Å². The molecule has 1 aromatic heterocycles. The van der Waals surface area contributed by atoms with Crippen molar-refractivity contribution in [2.24, 2.45) is 0 Å². The molecular formula is C11H8FN3O3S. The molecule has 2 amide bonds. The van der Waals surface area contributed by atoms with Gasteiger partial charge in [-0.25, -0.2) is 14.9 Å². The minimum atomic E-state index is -0.765. The van der Waals surface area contributed by atoms with Crippen LogP contribution in [-0.2, 0) is 0 Å². The van der Waals surface area contributed by atoms with Gasteiger partial charge in [0, 0.05) is 10.9 Å². The number of aromatic nitrogens is 1. The Balaban J connectivity index is 2.08. The van der Waals surface area contributed by atoms with E-state index in [0.717, 1.165) is 11.3 Å². The summed E-state index contributed by atoms with van der Waals surface area (Å²) in [4.78, 5) is 26.6. The quantitative estimate of drug-likeness (QED) is 0.589. The molecule has 0 saturated carbocycles. The highest BCUT2D eigenvalue weighted by Gasteiger charge is 2.12. The van der Waals surface area contributed by atoms with Gasteiger partial charge < -0.3 is 0 Å². The average molecular weight is 281 g/mol. The van der Waals surface area contributed by atoms with Crippen LogP contribution in [0.4, 0.5) is 9.52 Å². The van der Waals surface area contributed by atoms with Crippen molar-refractivity contribution in [3.63, 3.8) is 0 Å². The number of carbonyl (C=O) groups excluding carboxylic acids is 2. The summed E-state index contributed by atoms with van der Waals surface area (Å²) < 4.78 is 12.7. The first-order chi connectivity index (χ1) is 9.10. The molecule has 0 aliphatic carbocycles. The summed E-state index contributed by atoms with van der Waals surface area (Å²) in [5, 5.41) is 12.5. The van der Waals surface area contributed by atoms with Crippen molar-refractivity contribution in [2.75, 3.05) is 5.32 Å². The normalized spacial score (nSPS) is 10.0. The number of hydroxylamine groups is 1. The molecule has 0 saturated heterocycles. The van der Waals surface area contributed by atoms with Crippen LogP contribution in [0.15, 0.2) is 29.6 Å². The van der Waals surface area contributed by atoms with E-state index in [1.54, 1.807) is 0 Å². The largest absolute Gasteiger partial charge is 0.298 e. The zero-order chi connectivity index (χ0) is 13.8. The number of thiazole rings is 1. The van der Waals surface area contributed by atoms with Crippen LogP contribution in [0, 0.1) is 5.82 Å². The van der Waals surface area contributed by atoms with Crippen LogP contribution in [0.1, 0.15) is 20.8 Å². The molecule has 2 rings (SSSR count). The van der Waals surface area contributed by atoms with Gasteiger partial charge in [0.2, 0.25) is 0 Å². The number of anilines is 1. The maximum Gasteiger partial charge on any atom is 0.294 e. The Labute approximate surface area is 110 Å². The van der Waals surface area contributed by atoms with Crippen molar-refractivity contribution in [1.82, 2.24) is 10.5 Å². The summed E-state index contributed by atoms with van der Waals surface area (Å²) in [5.74, 6) is -1.67. The minimum Gasteiger partial charge on any atom is -0.298 e. The van der Waals surface area contributed by atoms with E-state index in [1.807, 2.05) is 0 Å². The number of rotatable bonds is 3. The fraction of sp³-hybridized carbons (Fsp3) is 0. The Morgan fingerprint density at radius 3 is 2.53 bits per heavy atom. The summed E-state index contributed by atoms with van der Waals surface area (Å²) in [6.07, 6.45) is 0. The van der Waals surface area contributed by atoms with Crippen molar-refractivity contribution < 1.29 is 19.2 Å². The molecule has 0 radical (unpaired) electrons. The fourth-order valence-electron chi connectivity index (χ4n) is 1.26. The summed E-state index contributed by atoms with van der Waals surface area (Å²) in [7, 11) is 0. The van der Waals surface area contributed by atoms with Gasteiger partial charge in [0.25, 0.3) is 11.8 Å². The first-order valence-corrected chi connectivity index (χ1v) is 5.95. The van der Waals surface area contributed by atoms with Gasteiger partial charge in [-0.3, -0.25) is 20.1 Å². The van der Waals surface area contributed by atoms with Crippen LogP contribution >= 0.6 is 11.3 Å². The van der Waals surface area contributed by atoms with Gasteiger partial charge in [0.15, 0.2) is 5.13 Å². The van der Waals surface area contributed by atoms with Gasteiger partial charge in [-0.15, -0.1) is 11.3 Å². The summed E-state index contributed by atoms with van der Waals surface area (Å²) in [5.41, 5.74) is 1.69. The molecule has 98 valence electrons. The Kier molecular flexibility index (Phi) is 3.83. The lowest BCUT2D eigenvalue weighted by Gasteiger charge is -2.01. The molecule has 6 nitrogen and oxygen atoms in total. The molecule has 2 aromatic rings. The lowest BCUT2D eigenvalue weighted by molar-refractivity contribution is 0.0701. The highest BCUT2D eigenvalue weighted by molar-refractivity contribution is 7.14. The van der Waals surface area contributed by atoms with Crippen LogP contribution in [0.5, 0.6) is 0 Å². The van der Waals surface area contributed by atoms with Gasteiger partial charge >= 0.3 is 0 Å². The van der Waals surface area contributed by atoms with Crippen LogP contribution in [0.2, 0.25) is 0 Å². The molecule has 3 N–H and O–H groups in total. The molecule has 1 aromatic carbocycles. The van der Waals surface area contributed by atoms with Crippen LogP contribution < -0.4 is 10.8 Å². The van der Waals surface area contributed by atoms with Crippen LogP contribution in [0.25, 0.3) is 0 Å². The molecule has 8 heteroatoms. The van der Waals surface area contributed by atoms with Crippen molar-refractivity contribution in [3.05, 3.63) is 46.7 Å². The number of nitrogens with zero attached hydrogens (tertiary/aromatic N) is 1. The molecule has 0 bridgehead atoms. The first kappa shape index (κ1) is 13.1. The van der Waals surface area contributed by atoms with Crippen molar-refractivity contribution in [1.29, 1.82) is 0 Å². The minimum absolute atomic E-state index is 0.0121. The van der Waals surface area contributed by atoms with Crippen LogP contribution in [-0.4, -0.2) is 22.0 Å². The standard InChI is InChI=1S/C11H8FN3O3S/c12-7-3-1-6(2-4-7)9(16)14-11-13-8(5-19-11)10(17)15-18/h1-5,18H,(H,15,17)(H,13,14,16). The van der Waals surface area contributed by atoms with E-state index in [0.29, 0.717) is 0 Å². The predicted molar refractivity (Wildman–Crippen MR) is 65.7 cm³/mol. The monoisotopic (exact) mass is 281 g/mol. The molecule has 0 aliphatic rings. The molecular weight excluding hydrogens is 273 g/mol. The smallest absolute Gasteiger partial charge is 0.294 e. The van der Waals surface area contributed by atoms with E-state index >= 15 is 0 Å². The molecule has 0 unspecified atom stereocenters. The number of hydrogen-bond acceptors (Lipinski definition) is 5. The second-order valence-corrected chi connectivity index (χ2v) is 4.30. The maximum atomic E-state index is 12.7. The second kappa shape index (κ2) is 5.55. The SMILES string of the molecule is O=C(Nc1nc(C(=O)NO)cs1)c1ccc(F)cc1. The van der Waals surface area contributed by atoms with E-state index in [9.17, 15) is 14.0 Å². The number of carbonyl (C=O) groups is 2. The van der Waals surface area contributed by atoms with Crippen molar-refractivity contribution in [3.8, 4) is 0 Å². The summed E-state index contributed by atoms with van der Waals surface area (Å²) in [6.45, 7) is 0. The van der Waals surface area contributed by atoms with Gasteiger partial charge in [0.1, 0.15) is 11.5 Å². The third kappa shape index (κ3) is 3.12. The summed E-state index contributed by atoms with van der Waals surface area (Å²) in [6, 6.07) is 5.00. The molecule has 0 aliphatic heterocycles. The highest BCUT2D eigenvalue weighted by Crippen LogP contribution is 2.16. The third-order valence-electron chi connectivity index (χ3n) is 2.17. The van der Waals surface area contributed by atoms with Gasteiger partial charge in [0.05, 0.1) is 0 Å². The number of hydrogen-bond donors (Lipinski definition) is 3. The Morgan fingerprint density at radius 1 is 1.21 bits per heavy atom. The van der Waals surface area contributed by atoms with Crippen molar-refractivity contribution >= 4 is 28.3 Å². The lowest BCUT2D eigenvalue weighted by Crippen LogP contribution is -2.19. The van der Waals surface area contributed by atoms with Gasteiger partial charge in [-0.1, -0.05) is 0 Å². The number of nitrogens with one attached hydrogen (secondary N) is 2. The third-order valence-corrected chi connectivity index (χ3v) is 2.92. The highest BCUT2D eigenvalue weighted by atomic mass is 32.1. The predicted octanol–water partition coefficient (Wildman–Crippen LogP) is 1.65. The second-order valence-electron chi connectivity index (χ2n) is 3.44. The van der Waals surface area contributed by atoms with E-state index in [1.165, 1.54) is 35.1 Å². The van der Waals surface area contributed by atoms with E-state index in [-0.39, 0.29) is 16.4 Å². The topological polar surface area (TPSA) is 91.3 Å². The molecule has 0 atom stereocenters. The Hall–Kier alpha value is -2.32. The number of halogens is 1. The number of amides is 2. The van der Waals surface area contributed by atoms with Crippen molar-refractivity contribution in [2.45, 2.75) is 0 Å². The van der Waals surface area contributed by atoms with Gasteiger partial charge in [-0.05, 0) is 24.3 Å². The average Bonchev–Trinajstić information content (AvgIpc) is 2.87. The molecule has 1 heterocycles. The lowest BCUT2D eigenvalue weighted by atomic mass is 10.2. The molecule has 19 heavy (non-hydrogen) atoms. The van der Waals surface area contributed by atoms with E-state index < -0.39 is 17.6 Å². The zero-order valence-electron chi connectivity index (χ0n) is 9.38. The summed E-state index contributed by atoms with van der Waals surface area (Å²) >= 11 is 1.03.